The molecular formula is C21H17N3O. The van der Waals surface area contributed by atoms with Crippen molar-refractivity contribution in [1.29, 1.82) is 0 Å². The number of carbonyl (C=O) groups is 1. The third kappa shape index (κ3) is 3.15. The maximum absolute atomic E-state index is 11.5. The molecule has 4 heteroatoms. The van der Waals surface area contributed by atoms with Gasteiger partial charge >= 0.3 is 0 Å². The van der Waals surface area contributed by atoms with E-state index in [1.54, 1.807) is 13.0 Å². The molecular weight excluding hydrogens is 310 g/mol. The average Bonchev–Trinajstić information content (AvgIpc) is 3.06. The summed E-state index contributed by atoms with van der Waals surface area (Å²) in [5, 5.41) is 4.31. The fourth-order valence-corrected chi connectivity index (χ4v) is 2.83. The van der Waals surface area contributed by atoms with Gasteiger partial charge < -0.3 is 10.3 Å². The minimum atomic E-state index is 0.0453. The van der Waals surface area contributed by atoms with Gasteiger partial charge in [-0.1, -0.05) is 42.5 Å². The summed E-state index contributed by atoms with van der Waals surface area (Å²) in [6, 6.07) is 21.7. The number of hydrogen-bond donors (Lipinski definition) is 2. The van der Waals surface area contributed by atoms with Gasteiger partial charge in [-0.15, -0.1) is 0 Å². The van der Waals surface area contributed by atoms with E-state index < -0.39 is 0 Å². The number of hydrogen-bond acceptors (Lipinski definition) is 3. The van der Waals surface area contributed by atoms with Crippen LogP contribution in [0.1, 0.15) is 17.3 Å². The topological polar surface area (TPSA) is 57.8 Å². The van der Waals surface area contributed by atoms with Gasteiger partial charge in [-0.2, -0.15) is 0 Å². The Bertz CT molecular complexity index is 1050. The Morgan fingerprint density at radius 2 is 1.84 bits per heavy atom. The van der Waals surface area contributed by atoms with Gasteiger partial charge in [-0.25, -0.2) is 4.98 Å². The van der Waals surface area contributed by atoms with Crippen LogP contribution in [0.4, 0.5) is 11.5 Å². The van der Waals surface area contributed by atoms with Crippen LogP contribution in [0.25, 0.3) is 22.2 Å². The SMILES string of the molecule is CC(=O)c1cccc(Nc2cc3[nH]c(-c4ccccc4)cc3cn2)c1. The van der Waals surface area contributed by atoms with E-state index >= 15 is 0 Å². The Kier molecular flexibility index (Phi) is 3.78. The number of aromatic amines is 1. The molecule has 0 radical (unpaired) electrons. The molecule has 0 spiro atoms. The summed E-state index contributed by atoms with van der Waals surface area (Å²) in [7, 11) is 0. The zero-order valence-corrected chi connectivity index (χ0v) is 13.8. The number of nitrogens with zero attached hydrogens (tertiary/aromatic N) is 1. The Labute approximate surface area is 145 Å². The van der Waals surface area contributed by atoms with Crippen molar-refractivity contribution >= 4 is 28.2 Å². The Hall–Kier alpha value is -3.40. The molecule has 0 aliphatic heterocycles. The summed E-state index contributed by atoms with van der Waals surface area (Å²) in [5.41, 5.74) is 4.74. The molecule has 0 saturated carbocycles. The number of anilines is 2. The molecule has 0 bridgehead atoms. The lowest BCUT2D eigenvalue weighted by atomic mass is 10.1. The number of Topliss-reactive ketones (excluding diaryl/α,β-unsaturated/α-hetero) is 1. The number of pyridine rings is 1. The molecule has 0 aliphatic rings. The van der Waals surface area contributed by atoms with E-state index in [9.17, 15) is 4.79 Å². The van der Waals surface area contributed by atoms with Crippen LogP contribution < -0.4 is 5.32 Å². The lowest BCUT2D eigenvalue weighted by Gasteiger charge is -2.06. The van der Waals surface area contributed by atoms with Crippen molar-refractivity contribution in [2.24, 2.45) is 0 Å². The highest BCUT2D eigenvalue weighted by Crippen LogP contribution is 2.26. The molecule has 4 aromatic rings. The van der Waals surface area contributed by atoms with Crippen molar-refractivity contribution in [1.82, 2.24) is 9.97 Å². The summed E-state index contributed by atoms with van der Waals surface area (Å²) < 4.78 is 0. The summed E-state index contributed by atoms with van der Waals surface area (Å²) in [5.74, 6) is 0.776. The van der Waals surface area contributed by atoms with E-state index in [0.717, 1.165) is 33.7 Å². The van der Waals surface area contributed by atoms with Crippen LogP contribution in [0.5, 0.6) is 0 Å². The van der Waals surface area contributed by atoms with Gasteiger partial charge in [0.2, 0.25) is 0 Å². The van der Waals surface area contributed by atoms with Gasteiger partial charge in [0.05, 0.1) is 5.52 Å². The second-order valence-electron chi connectivity index (χ2n) is 5.97. The van der Waals surface area contributed by atoms with Crippen LogP contribution in [0.2, 0.25) is 0 Å². The molecule has 4 rings (SSSR count). The van der Waals surface area contributed by atoms with E-state index in [0.29, 0.717) is 5.56 Å². The van der Waals surface area contributed by atoms with Crippen molar-refractivity contribution in [3.63, 3.8) is 0 Å². The predicted molar refractivity (Wildman–Crippen MR) is 101 cm³/mol. The van der Waals surface area contributed by atoms with Crippen LogP contribution in [0.3, 0.4) is 0 Å². The second kappa shape index (κ2) is 6.24. The number of ketones is 1. The number of rotatable bonds is 4. The number of fused-ring (bicyclic) bond motifs is 1. The van der Waals surface area contributed by atoms with E-state index in [1.807, 2.05) is 48.7 Å². The van der Waals surface area contributed by atoms with Gasteiger partial charge in [0.25, 0.3) is 0 Å². The first-order chi connectivity index (χ1) is 12.2. The van der Waals surface area contributed by atoms with Gasteiger partial charge in [0.15, 0.2) is 5.78 Å². The number of H-pyrrole nitrogens is 1. The molecule has 122 valence electrons. The van der Waals surface area contributed by atoms with Crippen molar-refractivity contribution in [2.45, 2.75) is 6.92 Å². The lowest BCUT2D eigenvalue weighted by Crippen LogP contribution is -1.96. The van der Waals surface area contributed by atoms with Crippen LogP contribution in [0.15, 0.2) is 72.9 Å². The summed E-state index contributed by atoms with van der Waals surface area (Å²) in [6.07, 6.45) is 1.84. The summed E-state index contributed by atoms with van der Waals surface area (Å²) >= 11 is 0. The maximum atomic E-state index is 11.5. The molecule has 2 heterocycles. The minimum absolute atomic E-state index is 0.0453. The van der Waals surface area contributed by atoms with Crippen LogP contribution in [0, 0.1) is 0 Å². The lowest BCUT2D eigenvalue weighted by molar-refractivity contribution is 0.101. The van der Waals surface area contributed by atoms with Crippen LogP contribution in [-0.2, 0) is 0 Å². The highest BCUT2D eigenvalue weighted by atomic mass is 16.1. The molecule has 0 amide bonds. The third-order valence-electron chi connectivity index (χ3n) is 4.13. The van der Waals surface area contributed by atoms with Crippen LogP contribution in [-0.4, -0.2) is 15.8 Å². The van der Waals surface area contributed by atoms with E-state index in [1.165, 1.54) is 0 Å². The summed E-state index contributed by atoms with van der Waals surface area (Å²) in [6.45, 7) is 1.56. The highest BCUT2D eigenvalue weighted by Gasteiger charge is 2.06. The third-order valence-corrected chi connectivity index (χ3v) is 4.13. The molecule has 0 atom stereocenters. The molecule has 25 heavy (non-hydrogen) atoms. The quantitative estimate of drug-likeness (QED) is 0.508. The molecule has 2 aromatic heterocycles. The van der Waals surface area contributed by atoms with Crippen molar-refractivity contribution in [3.05, 3.63) is 78.5 Å². The largest absolute Gasteiger partial charge is 0.354 e. The van der Waals surface area contributed by atoms with Gasteiger partial charge in [0.1, 0.15) is 5.82 Å². The van der Waals surface area contributed by atoms with Crippen LogP contribution >= 0.6 is 0 Å². The first-order valence-electron chi connectivity index (χ1n) is 8.11. The number of aromatic nitrogens is 2. The molecule has 0 fully saturated rings. The number of nitrogens with one attached hydrogen (secondary N) is 2. The normalized spacial score (nSPS) is 10.8. The second-order valence-corrected chi connectivity index (χ2v) is 5.97. The molecule has 0 unspecified atom stereocenters. The Morgan fingerprint density at radius 3 is 2.64 bits per heavy atom. The zero-order chi connectivity index (χ0) is 17.2. The first kappa shape index (κ1) is 15.1. The zero-order valence-electron chi connectivity index (χ0n) is 13.8. The standard InChI is InChI=1S/C21H17N3O/c1-14(25)16-8-5-9-18(10-16)23-21-12-20-17(13-22-21)11-19(24-20)15-6-3-2-4-7-15/h2-13,24H,1H3,(H,22,23). The smallest absolute Gasteiger partial charge is 0.159 e. The Balaban J connectivity index is 1.65. The maximum Gasteiger partial charge on any atom is 0.159 e. The van der Waals surface area contributed by atoms with E-state index in [2.05, 4.69) is 33.5 Å². The fourth-order valence-electron chi connectivity index (χ4n) is 2.83. The van der Waals surface area contributed by atoms with Gasteiger partial charge in [-0.3, -0.25) is 4.79 Å². The minimum Gasteiger partial charge on any atom is -0.354 e. The first-order valence-corrected chi connectivity index (χ1v) is 8.11. The molecule has 2 N–H and O–H groups in total. The van der Waals surface area contributed by atoms with Crippen molar-refractivity contribution < 1.29 is 4.79 Å². The Morgan fingerprint density at radius 1 is 1.00 bits per heavy atom. The summed E-state index contributed by atoms with van der Waals surface area (Å²) in [4.78, 5) is 19.4. The van der Waals surface area contributed by atoms with Crippen molar-refractivity contribution in [2.75, 3.05) is 5.32 Å². The molecule has 2 aromatic carbocycles. The monoisotopic (exact) mass is 327 g/mol. The van der Waals surface area contributed by atoms with Gasteiger partial charge in [-0.05, 0) is 30.7 Å². The predicted octanol–water partition coefficient (Wildman–Crippen LogP) is 5.18. The van der Waals surface area contributed by atoms with E-state index in [4.69, 9.17) is 0 Å². The average molecular weight is 327 g/mol. The van der Waals surface area contributed by atoms with Crippen molar-refractivity contribution in [3.8, 4) is 11.3 Å². The fraction of sp³-hybridized carbons (Fsp3) is 0.0476. The van der Waals surface area contributed by atoms with E-state index in [-0.39, 0.29) is 5.78 Å². The van der Waals surface area contributed by atoms with Gasteiger partial charge in [0, 0.05) is 34.6 Å². The molecule has 4 nitrogen and oxygen atoms in total. The highest BCUT2D eigenvalue weighted by molar-refractivity contribution is 5.95. The number of carbonyl (C=O) groups excluding carboxylic acids is 1. The molecule has 0 aliphatic carbocycles. The molecule has 0 saturated heterocycles. The number of benzene rings is 2.